The fraction of sp³-hybridized carbons (Fsp3) is 0.591. The summed E-state index contributed by atoms with van der Waals surface area (Å²) in [7, 11) is 0. The average Bonchev–Trinajstić information content (AvgIpc) is 3.13. The first-order chi connectivity index (χ1) is 14.5. The van der Waals surface area contributed by atoms with E-state index in [9.17, 15) is 0 Å². The highest BCUT2D eigenvalue weighted by Crippen LogP contribution is 2.44. The Kier molecular flexibility index (Phi) is 5.03. The molecule has 7 nitrogen and oxygen atoms in total. The number of aromatic nitrogens is 3. The predicted octanol–water partition coefficient (Wildman–Crippen LogP) is 4.10. The smallest absolute Gasteiger partial charge is 0.235 e. The minimum atomic E-state index is -0.221. The minimum Gasteiger partial charge on any atom is -0.474 e. The molecule has 0 saturated carbocycles. The number of morpholine rings is 1. The van der Waals surface area contributed by atoms with Crippen molar-refractivity contribution in [2.75, 3.05) is 31.2 Å². The number of hydrogen-bond acceptors (Lipinski definition) is 8. The molecule has 0 N–H and O–H groups in total. The van der Waals surface area contributed by atoms with E-state index in [2.05, 4.69) is 42.6 Å². The maximum Gasteiger partial charge on any atom is 0.235 e. The van der Waals surface area contributed by atoms with Crippen molar-refractivity contribution in [1.82, 2.24) is 15.0 Å². The highest BCUT2D eigenvalue weighted by atomic mass is 32.1. The minimum absolute atomic E-state index is 0.103. The fourth-order valence-electron chi connectivity index (χ4n) is 4.16. The van der Waals surface area contributed by atoms with Crippen LogP contribution in [0.15, 0.2) is 6.33 Å². The highest BCUT2D eigenvalue weighted by Gasteiger charge is 2.33. The summed E-state index contributed by atoms with van der Waals surface area (Å²) in [6.45, 7) is 12.2. The number of nitrogens with zero attached hydrogens (tertiary/aromatic N) is 4. The van der Waals surface area contributed by atoms with Crippen LogP contribution in [0.1, 0.15) is 45.2 Å². The molecule has 0 radical (unpaired) electrons. The quantitative estimate of drug-likeness (QED) is 0.619. The number of rotatable bonds is 4. The summed E-state index contributed by atoms with van der Waals surface area (Å²) in [5.41, 5.74) is 3.21. The van der Waals surface area contributed by atoms with Crippen molar-refractivity contribution in [2.45, 2.75) is 58.8 Å². The number of hydrogen-bond donors (Lipinski definition) is 0. The third-order valence-corrected chi connectivity index (χ3v) is 7.03. The third kappa shape index (κ3) is 3.40. The monoisotopic (exact) mass is 428 g/mol. The standard InChI is InChI=1S/C22H28N4O3S/c1-5-13(2)29-20-18-17(23-12-24-20)16-14-10-22(3,4)28-11-15(14)19(25-21(16)30-18)26-6-8-27-9-7-26/h12-13H,5-11H2,1-4H3. The highest BCUT2D eigenvalue weighted by molar-refractivity contribution is 7.25. The molecule has 0 aromatic carbocycles. The number of pyridine rings is 1. The van der Waals surface area contributed by atoms with Gasteiger partial charge in [0.15, 0.2) is 0 Å². The van der Waals surface area contributed by atoms with Gasteiger partial charge in [-0.25, -0.2) is 15.0 Å². The number of thiophene rings is 1. The summed E-state index contributed by atoms with van der Waals surface area (Å²) in [5.74, 6) is 1.69. The summed E-state index contributed by atoms with van der Waals surface area (Å²) < 4.78 is 18.9. The maximum atomic E-state index is 6.20. The van der Waals surface area contributed by atoms with E-state index in [4.69, 9.17) is 19.2 Å². The molecule has 3 aromatic rings. The van der Waals surface area contributed by atoms with Crippen LogP contribution in [0.5, 0.6) is 5.88 Å². The lowest BCUT2D eigenvalue weighted by molar-refractivity contribution is -0.0396. The third-order valence-electron chi connectivity index (χ3n) is 5.97. The Bertz CT molecular complexity index is 1090. The van der Waals surface area contributed by atoms with Crippen LogP contribution in [0, 0.1) is 0 Å². The van der Waals surface area contributed by atoms with Gasteiger partial charge in [0, 0.05) is 30.5 Å². The molecule has 0 bridgehead atoms. The van der Waals surface area contributed by atoms with Crippen LogP contribution in [-0.2, 0) is 22.5 Å². The van der Waals surface area contributed by atoms with Crippen molar-refractivity contribution >= 4 is 37.6 Å². The molecular formula is C22H28N4O3S. The van der Waals surface area contributed by atoms with Gasteiger partial charge >= 0.3 is 0 Å². The summed E-state index contributed by atoms with van der Waals surface area (Å²) in [4.78, 5) is 17.6. The molecule has 5 rings (SSSR count). The van der Waals surface area contributed by atoms with Gasteiger partial charge in [-0.15, -0.1) is 11.3 Å². The van der Waals surface area contributed by atoms with Crippen molar-refractivity contribution in [1.29, 1.82) is 0 Å². The van der Waals surface area contributed by atoms with Gasteiger partial charge in [0.2, 0.25) is 5.88 Å². The van der Waals surface area contributed by atoms with Crippen molar-refractivity contribution in [2.24, 2.45) is 0 Å². The first-order valence-electron chi connectivity index (χ1n) is 10.7. The summed E-state index contributed by atoms with van der Waals surface area (Å²) >= 11 is 1.63. The lowest BCUT2D eigenvalue weighted by Gasteiger charge is -2.36. The van der Waals surface area contributed by atoms with Crippen molar-refractivity contribution < 1.29 is 14.2 Å². The lowest BCUT2D eigenvalue weighted by Crippen LogP contribution is -2.39. The zero-order valence-corrected chi connectivity index (χ0v) is 18.8. The molecule has 3 aromatic heterocycles. The molecule has 160 valence electrons. The largest absolute Gasteiger partial charge is 0.474 e. The summed E-state index contributed by atoms with van der Waals surface area (Å²) in [6, 6.07) is 0. The van der Waals surface area contributed by atoms with Gasteiger partial charge in [-0.2, -0.15) is 0 Å². The molecule has 0 aliphatic carbocycles. The van der Waals surface area contributed by atoms with Crippen molar-refractivity contribution in [3.8, 4) is 5.88 Å². The van der Waals surface area contributed by atoms with Gasteiger partial charge in [-0.3, -0.25) is 0 Å². The van der Waals surface area contributed by atoms with Crippen LogP contribution in [-0.4, -0.2) is 53.0 Å². The number of ether oxygens (including phenoxy) is 3. The predicted molar refractivity (Wildman–Crippen MR) is 119 cm³/mol. The molecule has 1 unspecified atom stereocenters. The fourth-order valence-corrected chi connectivity index (χ4v) is 5.25. The van der Waals surface area contributed by atoms with Crippen molar-refractivity contribution in [3.05, 3.63) is 17.5 Å². The lowest BCUT2D eigenvalue weighted by atomic mass is 9.90. The maximum absolute atomic E-state index is 6.20. The Hall–Kier alpha value is -2.03. The van der Waals surface area contributed by atoms with E-state index in [0.29, 0.717) is 12.5 Å². The summed E-state index contributed by atoms with van der Waals surface area (Å²) in [5, 5.41) is 1.13. The second-order valence-electron chi connectivity index (χ2n) is 8.69. The van der Waals surface area contributed by atoms with Gasteiger partial charge < -0.3 is 19.1 Å². The molecule has 1 saturated heterocycles. The van der Waals surface area contributed by atoms with Crippen LogP contribution in [0.25, 0.3) is 20.4 Å². The molecule has 0 amide bonds. The second kappa shape index (κ2) is 7.59. The van der Waals surface area contributed by atoms with E-state index in [1.807, 2.05) is 0 Å². The number of fused-ring (bicyclic) bond motifs is 5. The average molecular weight is 429 g/mol. The molecule has 2 aliphatic heterocycles. The SMILES string of the molecule is CCC(C)Oc1ncnc2c1sc1nc(N3CCOCC3)c3c(c12)CC(C)(C)OC3. The van der Waals surface area contributed by atoms with Gasteiger partial charge in [0.1, 0.15) is 21.7 Å². The molecule has 2 aliphatic rings. The Morgan fingerprint density at radius 1 is 1.23 bits per heavy atom. The molecule has 30 heavy (non-hydrogen) atoms. The zero-order chi connectivity index (χ0) is 20.9. The molecular weight excluding hydrogens is 400 g/mol. The normalized spacial score (nSPS) is 19.8. The van der Waals surface area contributed by atoms with Crippen LogP contribution in [0.2, 0.25) is 0 Å². The van der Waals surface area contributed by atoms with Gasteiger partial charge in [0.05, 0.1) is 37.0 Å². The molecule has 1 atom stereocenters. The Balaban J connectivity index is 1.74. The van der Waals surface area contributed by atoms with E-state index in [0.717, 1.165) is 65.4 Å². The van der Waals surface area contributed by atoms with E-state index in [1.165, 1.54) is 11.1 Å². The Morgan fingerprint density at radius 3 is 2.80 bits per heavy atom. The zero-order valence-electron chi connectivity index (χ0n) is 18.0. The first-order valence-corrected chi connectivity index (χ1v) is 11.5. The molecule has 8 heteroatoms. The van der Waals surface area contributed by atoms with Crippen LogP contribution in [0.4, 0.5) is 5.82 Å². The Labute approximate surface area is 180 Å². The van der Waals surface area contributed by atoms with Crippen LogP contribution in [0.3, 0.4) is 0 Å². The topological polar surface area (TPSA) is 69.6 Å². The van der Waals surface area contributed by atoms with E-state index in [-0.39, 0.29) is 11.7 Å². The van der Waals surface area contributed by atoms with Gasteiger partial charge in [-0.05, 0) is 32.8 Å². The molecule has 5 heterocycles. The number of anilines is 1. The molecule has 0 spiro atoms. The van der Waals surface area contributed by atoms with Crippen LogP contribution < -0.4 is 9.64 Å². The van der Waals surface area contributed by atoms with Crippen molar-refractivity contribution in [3.63, 3.8) is 0 Å². The van der Waals surface area contributed by atoms with E-state index in [1.54, 1.807) is 17.7 Å². The van der Waals surface area contributed by atoms with E-state index >= 15 is 0 Å². The summed E-state index contributed by atoms with van der Waals surface area (Å²) in [6.07, 6.45) is 3.47. The van der Waals surface area contributed by atoms with E-state index < -0.39 is 0 Å². The molecule has 1 fully saturated rings. The van der Waals surface area contributed by atoms with Gasteiger partial charge in [-0.1, -0.05) is 6.92 Å². The Morgan fingerprint density at radius 2 is 2.03 bits per heavy atom. The first kappa shape index (κ1) is 19.9. The second-order valence-corrected chi connectivity index (χ2v) is 9.69. The van der Waals surface area contributed by atoms with Crippen LogP contribution >= 0.6 is 11.3 Å². The van der Waals surface area contributed by atoms with Gasteiger partial charge in [0.25, 0.3) is 0 Å².